The van der Waals surface area contributed by atoms with E-state index in [4.69, 9.17) is 14.4 Å². The number of pyridine rings is 1. The van der Waals surface area contributed by atoms with Crippen LogP contribution in [0.1, 0.15) is 5.89 Å². The number of hydrogen-bond acceptors (Lipinski definition) is 7. The lowest BCUT2D eigenvalue weighted by Crippen LogP contribution is -2.43. The lowest BCUT2D eigenvalue weighted by atomic mass is 10.3. The normalized spacial score (nSPS) is 20.1. The van der Waals surface area contributed by atoms with Crippen molar-refractivity contribution in [2.45, 2.75) is 12.6 Å². The SMILES string of the molecule is OCC1CN(Cc2nc(-c3ccccn3)no2)CCO1. The quantitative estimate of drug-likeness (QED) is 0.861. The van der Waals surface area contributed by atoms with Crippen molar-refractivity contribution in [3.63, 3.8) is 0 Å². The Morgan fingerprint density at radius 3 is 3.15 bits per heavy atom. The Labute approximate surface area is 116 Å². The average molecular weight is 276 g/mol. The predicted molar refractivity (Wildman–Crippen MR) is 69.6 cm³/mol. The van der Waals surface area contributed by atoms with E-state index in [1.54, 1.807) is 6.20 Å². The number of aliphatic hydroxyl groups excluding tert-OH is 1. The Morgan fingerprint density at radius 2 is 2.35 bits per heavy atom. The van der Waals surface area contributed by atoms with Gasteiger partial charge in [0.25, 0.3) is 0 Å². The molecule has 0 amide bonds. The highest BCUT2D eigenvalue weighted by molar-refractivity contribution is 5.46. The average Bonchev–Trinajstić information content (AvgIpc) is 2.97. The molecule has 2 aromatic rings. The molecule has 1 aliphatic rings. The van der Waals surface area contributed by atoms with Crippen molar-refractivity contribution in [1.82, 2.24) is 20.0 Å². The summed E-state index contributed by atoms with van der Waals surface area (Å²) in [4.78, 5) is 10.6. The van der Waals surface area contributed by atoms with Crippen LogP contribution in [0.25, 0.3) is 11.5 Å². The molecule has 0 bridgehead atoms. The van der Waals surface area contributed by atoms with Crippen molar-refractivity contribution < 1.29 is 14.4 Å². The van der Waals surface area contributed by atoms with Gasteiger partial charge in [0.1, 0.15) is 5.69 Å². The van der Waals surface area contributed by atoms with Crippen LogP contribution in [0.5, 0.6) is 0 Å². The number of aliphatic hydroxyl groups is 1. The van der Waals surface area contributed by atoms with Crippen LogP contribution in [-0.4, -0.2) is 57.5 Å². The fraction of sp³-hybridized carbons (Fsp3) is 0.462. The fourth-order valence-corrected chi connectivity index (χ4v) is 2.14. The van der Waals surface area contributed by atoms with Crippen LogP contribution in [-0.2, 0) is 11.3 Å². The molecular weight excluding hydrogens is 260 g/mol. The van der Waals surface area contributed by atoms with Gasteiger partial charge in [0.2, 0.25) is 11.7 Å². The van der Waals surface area contributed by atoms with Gasteiger partial charge in [-0.05, 0) is 12.1 Å². The molecule has 3 heterocycles. The summed E-state index contributed by atoms with van der Waals surface area (Å²) in [5, 5.41) is 13.1. The molecule has 7 heteroatoms. The minimum Gasteiger partial charge on any atom is -0.394 e. The standard InChI is InChI=1S/C13H16N4O3/c18-9-10-7-17(5-6-19-10)8-12-15-13(16-20-12)11-3-1-2-4-14-11/h1-4,10,18H,5-9H2. The maximum atomic E-state index is 9.12. The second kappa shape index (κ2) is 6.08. The maximum Gasteiger partial charge on any atom is 0.241 e. The third-order valence-electron chi connectivity index (χ3n) is 3.15. The summed E-state index contributed by atoms with van der Waals surface area (Å²) in [6.07, 6.45) is 1.56. The van der Waals surface area contributed by atoms with Gasteiger partial charge in [-0.1, -0.05) is 11.2 Å². The van der Waals surface area contributed by atoms with Gasteiger partial charge in [-0.2, -0.15) is 4.98 Å². The zero-order valence-corrected chi connectivity index (χ0v) is 11.0. The second-order valence-corrected chi connectivity index (χ2v) is 4.64. The largest absolute Gasteiger partial charge is 0.394 e. The van der Waals surface area contributed by atoms with Crippen LogP contribution in [0.15, 0.2) is 28.9 Å². The topological polar surface area (TPSA) is 84.5 Å². The third-order valence-corrected chi connectivity index (χ3v) is 3.15. The first kappa shape index (κ1) is 13.2. The van der Waals surface area contributed by atoms with Crippen molar-refractivity contribution in [2.75, 3.05) is 26.3 Å². The van der Waals surface area contributed by atoms with Gasteiger partial charge in [0.05, 0.1) is 25.9 Å². The predicted octanol–water partition coefficient (Wildman–Crippen LogP) is 0.325. The first-order valence-electron chi connectivity index (χ1n) is 6.54. The van der Waals surface area contributed by atoms with Crippen molar-refractivity contribution in [3.05, 3.63) is 30.3 Å². The molecule has 0 spiro atoms. The van der Waals surface area contributed by atoms with E-state index >= 15 is 0 Å². The smallest absolute Gasteiger partial charge is 0.241 e. The molecule has 106 valence electrons. The third kappa shape index (κ3) is 3.01. The molecule has 7 nitrogen and oxygen atoms in total. The molecule has 0 saturated carbocycles. The lowest BCUT2D eigenvalue weighted by Gasteiger charge is -2.30. The van der Waals surface area contributed by atoms with E-state index < -0.39 is 0 Å². The fourth-order valence-electron chi connectivity index (χ4n) is 2.14. The number of aromatic nitrogens is 3. The van der Waals surface area contributed by atoms with Crippen LogP contribution in [0.3, 0.4) is 0 Å². The molecular formula is C13H16N4O3. The minimum atomic E-state index is -0.137. The van der Waals surface area contributed by atoms with Gasteiger partial charge < -0.3 is 14.4 Å². The summed E-state index contributed by atoms with van der Waals surface area (Å²) < 4.78 is 10.6. The summed E-state index contributed by atoms with van der Waals surface area (Å²) in [7, 11) is 0. The molecule has 20 heavy (non-hydrogen) atoms. The van der Waals surface area contributed by atoms with E-state index in [2.05, 4.69) is 20.0 Å². The van der Waals surface area contributed by atoms with Crippen molar-refractivity contribution in [1.29, 1.82) is 0 Å². The summed E-state index contributed by atoms with van der Waals surface area (Å²) in [5.41, 5.74) is 0.692. The molecule has 0 aliphatic carbocycles. The molecule has 0 aromatic carbocycles. The molecule has 1 atom stereocenters. The van der Waals surface area contributed by atoms with Gasteiger partial charge in [-0.15, -0.1) is 0 Å². The van der Waals surface area contributed by atoms with E-state index in [-0.39, 0.29) is 12.7 Å². The molecule has 3 rings (SSSR count). The van der Waals surface area contributed by atoms with Crippen LogP contribution in [0, 0.1) is 0 Å². The van der Waals surface area contributed by atoms with Crippen LogP contribution in [0.4, 0.5) is 0 Å². The van der Waals surface area contributed by atoms with Gasteiger partial charge in [0, 0.05) is 19.3 Å². The van der Waals surface area contributed by atoms with Crippen molar-refractivity contribution in [2.24, 2.45) is 0 Å². The van der Waals surface area contributed by atoms with Gasteiger partial charge >= 0.3 is 0 Å². The summed E-state index contributed by atoms with van der Waals surface area (Å²) >= 11 is 0. The van der Waals surface area contributed by atoms with Crippen molar-refractivity contribution >= 4 is 0 Å². The minimum absolute atomic E-state index is 0.0273. The van der Waals surface area contributed by atoms with Crippen LogP contribution >= 0.6 is 0 Å². The van der Waals surface area contributed by atoms with E-state index in [9.17, 15) is 0 Å². The molecule has 1 unspecified atom stereocenters. The number of nitrogens with zero attached hydrogens (tertiary/aromatic N) is 4. The first-order valence-corrected chi connectivity index (χ1v) is 6.54. The number of hydrogen-bond donors (Lipinski definition) is 1. The van der Waals surface area contributed by atoms with E-state index in [1.165, 1.54) is 0 Å². The highest BCUT2D eigenvalue weighted by atomic mass is 16.5. The Kier molecular flexibility index (Phi) is 4.00. The Hall–Kier alpha value is -1.83. The zero-order valence-electron chi connectivity index (χ0n) is 11.0. The van der Waals surface area contributed by atoms with Crippen LogP contribution in [0.2, 0.25) is 0 Å². The first-order chi connectivity index (χ1) is 9.85. The Bertz CT molecular complexity index is 546. The highest BCUT2D eigenvalue weighted by Gasteiger charge is 2.21. The highest BCUT2D eigenvalue weighted by Crippen LogP contribution is 2.14. The van der Waals surface area contributed by atoms with E-state index in [1.807, 2.05) is 18.2 Å². The molecule has 1 aliphatic heterocycles. The number of rotatable bonds is 4. The molecule has 1 N–H and O–H groups in total. The maximum absolute atomic E-state index is 9.12. The second-order valence-electron chi connectivity index (χ2n) is 4.64. The zero-order chi connectivity index (χ0) is 13.8. The molecule has 1 saturated heterocycles. The molecule has 1 fully saturated rings. The number of ether oxygens (including phenoxy) is 1. The lowest BCUT2D eigenvalue weighted by molar-refractivity contribution is -0.0571. The summed E-state index contributed by atoms with van der Waals surface area (Å²) in [6, 6.07) is 5.56. The number of morpholine rings is 1. The van der Waals surface area contributed by atoms with Gasteiger partial charge in [-0.3, -0.25) is 9.88 Å². The summed E-state index contributed by atoms with van der Waals surface area (Å²) in [6.45, 7) is 2.64. The Balaban J connectivity index is 1.65. The van der Waals surface area contributed by atoms with E-state index in [0.717, 1.165) is 6.54 Å². The van der Waals surface area contributed by atoms with Crippen molar-refractivity contribution in [3.8, 4) is 11.5 Å². The Morgan fingerprint density at radius 1 is 1.40 bits per heavy atom. The monoisotopic (exact) mass is 276 g/mol. The van der Waals surface area contributed by atoms with Gasteiger partial charge in [0.15, 0.2) is 0 Å². The molecule has 2 aromatic heterocycles. The molecule has 0 radical (unpaired) electrons. The van der Waals surface area contributed by atoms with E-state index in [0.29, 0.717) is 37.1 Å². The van der Waals surface area contributed by atoms with Gasteiger partial charge in [-0.25, -0.2) is 0 Å². The van der Waals surface area contributed by atoms with Crippen LogP contribution < -0.4 is 0 Å². The summed E-state index contributed by atoms with van der Waals surface area (Å²) in [5.74, 6) is 1.04.